The van der Waals surface area contributed by atoms with Crippen molar-refractivity contribution >= 4 is 11.7 Å². The summed E-state index contributed by atoms with van der Waals surface area (Å²) in [6.45, 7) is 9.72. The third kappa shape index (κ3) is 5.36. The molecule has 2 unspecified atom stereocenters. The summed E-state index contributed by atoms with van der Waals surface area (Å²) < 4.78 is 0. The lowest BCUT2D eigenvalue weighted by atomic mass is 9.76. The van der Waals surface area contributed by atoms with Gasteiger partial charge in [-0.1, -0.05) is 26.7 Å². The van der Waals surface area contributed by atoms with Crippen LogP contribution in [0.2, 0.25) is 0 Å². The van der Waals surface area contributed by atoms with Crippen molar-refractivity contribution in [2.24, 2.45) is 11.8 Å². The second-order valence-electron chi connectivity index (χ2n) is 6.20. The Morgan fingerprint density at radius 2 is 1.64 bits per heavy atom. The smallest absolute Gasteiger partial charge is 0.240 e. The average Bonchev–Trinajstić information content (AvgIpc) is 2.54. The number of carbonyl (C=O) groups excluding carboxylic acids is 2. The molecule has 1 rings (SSSR count). The van der Waals surface area contributed by atoms with Crippen molar-refractivity contribution in [1.29, 1.82) is 0 Å². The normalized spacial score (nSPS) is 21.9. The SMILES string of the molecule is CCN(CC)CCCN(NC)C(=O)C1CCCCC1C(C)=O. The fourth-order valence-corrected chi connectivity index (χ4v) is 3.44. The summed E-state index contributed by atoms with van der Waals surface area (Å²) in [5, 5.41) is 1.72. The third-order valence-electron chi connectivity index (χ3n) is 4.89. The van der Waals surface area contributed by atoms with Crippen molar-refractivity contribution in [3.63, 3.8) is 0 Å². The minimum atomic E-state index is -0.132. The molecule has 5 nitrogen and oxygen atoms in total. The summed E-state index contributed by atoms with van der Waals surface area (Å²) in [6, 6.07) is 0. The topological polar surface area (TPSA) is 52.6 Å². The van der Waals surface area contributed by atoms with Gasteiger partial charge in [-0.25, -0.2) is 5.43 Å². The number of Topliss-reactive ketones (excluding diaryl/α,β-unsaturated/α-hetero) is 1. The number of ketones is 1. The third-order valence-corrected chi connectivity index (χ3v) is 4.89. The summed E-state index contributed by atoms with van der Waals surface area (Å²) in [5.74, 6) is 0.0474. The monoisotopic (exact) mass is 311 g/mol. The van der Waals surface area contributed by atoms with Gasteiger partial charge >= 0.3 is 0 Å². The van der Waals surface area contributed by atoms with E-state index in [1.807, 2.05) is 0 Å². The average molecular weight is 311 g/mol. The standard InChI is InChI=1S/C17H33N3O2/c1-5-19(6-2)12-9-13-20(18-4)17(22)16-11-8-7-10-15(16)14(3)21/h15-16,18H,5-13H2,1-4H3. The van der Waals surface area contributed by atoms with Crippen LogP contribution in [0.1, 0.15) is 52.9 Å². The summed E-state index contributed by atoms with van der Waals surface area (Å²) >= 11 is 0. The van der Waals surface area contributed by atoms with Crippen LogP contribution in [0.5, 0.6) is 0 Å². The Morgan fingerprint density at radius 1 is 1.05 bits per heavy atom. The lowest BCUT2D eigenvalue weighted by Gasteiger charge is -2.33. The van der Waals surface area contributed by atoms with Crippen molar-refractivity contribution in [3.05, 3.63) is 0 Å². The van der Waals surface area contributed by atoms with E-state index >= 15 is 0 Å². The van der Waals surface area contributed by atoms with Crippen LogP contribution in [0.25, 0.3) is 0 Å². The predicted molar refractivity (Wildman–Crippen MR) is 89.3 cm³/mol. The Bertz CT molecular complexity index is 356. The molecule has 2 atom stereocenters. The van der Waals surface area contributed by atoms with E-state index in [4.69, 9.17) is 0 Å². The van der Waals surface area contributed by atoms with Gasteiger partial charge < -0.3 is 4.90 Å². The molecule has 0 saturated heterocycles. The highest BCUT2D eigenvalue weighted by molar-refractivity contribution is 5.87. The Labute approximate surface area is 135 Å². The second kappa shape index (κ2) is 9.95. The highest BCUT2D eigenvalue weighted by Gasteiger charge is 2.35. The van der Waals surface area contributed by atoms with Gasteiger partial charge in [-0.05, 0) is 45.8 Å². The summed E-state index contributed by atoms with van der Waals surface area (Å²) in [4.78, 5) is 26.9. The molecule has 1 N–H and O–H groups in total. The summed E-state index contributed by atoms with van der Waals surface area (Å²) in [5.41, 5.74) is 3.02. The van der Waals surface area contributed by atoms with Crippen LogP contribution in [0, 0.1) is 11.8 Å². The van der Waals surface area contributed by atoms with Gasteiger partial charge in [0.25, 0.3) is 0 Å². The molecule has 0 spiro atoms. The molecule has 0 radical (unpaired) electrons. The summed E-state index contributed by atoms with van der Waals surface area (Å²) in [6.07, 6.45) is 4.78. The fourth-order valence-electron chi connectivity index (χ4n) is 3.44. The van der Waals surface area contributed by atoms with Crippen molar-refractivity contribution in [1.82, 2.24) is 15.3 Å². The van der Waals surface area contributed by atoms with Crippen molar-refractivity contribution in [2.45, 2.75) is 52.9 Å². The summed E-state index contributed by atoms with van der Waals surface area (Å²) in [7, 11) is 1.79. The number of hydrogen-bond acceptors (Lipinski definition) is 4. The zero-order valence-electron chi connectivity index (χ0n) is 14.7. The lowest BCUT2D eigenvalue weighted by molar-refractivity contribution is -0.145. The van der Waals surface area contributed by atoms with E-state index in [1.165, 1.54) is 0 Å². The van der Waals surface area contributed by atoms with Gasteiger partial charge in [0.05, 0.1) is 0 Å². The quantitative estimate of drug-likeness (QED) is 0.662. The van der Waals surface area contributed by atoms with E-state index in [-0.39, 0.29) is 23.5 Å². The molecule has 0 aromatic rings. The number of rotatable bonds is 9. The van der Waals surface area contributed by atoms with Gasteiger partial charge in [-0.3, -0.25) is 14.6 Å². The Kier molecular flexibility index (Phi) is 8.64. The molecular formula is C17H33N3O2. The molecule has 1 fully saturated rings. The van der Waals surface area contributed by atoms with E-state index in [0.29, 0.717) is 6.54 Å². The molecule has 5 heteroatoms. The van der Waals surface area contributed by atoms with Crippen LogP contribution in [0.4, 0.5) is 0 Å². The Hall–Kier alpha value is -0.940. The van der Waals surface area contributed by atoms with Crippen molar-refractivity contribution in [2.75, 3.05) is 33.2 Å². The molecule has 1 aliphatic carbocycles. The van der Waals surface area contributed by atoms with E-state index in [2.05, 4.69) is 24.2 Å². The van der Waals surface area contributed by atoms with Gasteiger partial charge in [-0.15, -0.1) is 0 Å². The zero-order chi connectivity index (χ0) is 16.5. The highest BCUT2D eigenvalue weighted by Crippen LogP contribution is 2.31. The lowest BCUT2D eigenvalue weighted by Crippen LogP contribution is -2.48. The van der Waals surface area contributed by atoms with Crippen LogP contribution in [-0.2, 0) is 9.59 Å². The maximum absolute atomic E-state index is 12.8. The van der Waals surface area contributed by atoms with Gasteiger partial charge in [0, 0.05) is 25.4 Å². The maximum Gasteiger partial charge on any atom is 0.240 e. The Balaban J connectivity index is 2.56. The fraction of sp³-hybridized carbons (Fsp3) is 0.882. The number of amides is 1. The molecule has 22 heavy (non-hydrogen) atoms. The van der Waals surface area contributed by atoms with Crippen LogP contribution >= 0.6 is 0 Å². The highest BCUT2D eigenvalue weighted by atomic mass is 16.2. The number of nitrogens with zero attached hydrogens (tertiary/aromatic N) is 2. The zero-order valence-corrected chi connectivity index (χ0v) is 14.7. The first-order chi connectivity index (χ1) is 10.5. The molecule has 0 bridgehead atoms. The van der Waals surface area contributed by atoms with E-state index in [9.17, 15) is 9.59 Å². The van der Waals surface area contributed by atoms with E-state index in [0.717, 1.165) is 51.7 Å². The second-order valence-corrected chi connectivity index (χ2v) is 6.20. The van der Waals surface area contributed by atoms with E-state index in [1.54, 1.807) is 19.0 Å². The molecular weight excluding hydrogens is 278 g/mol. The molecule has 1 amide bonds. The minimum Gasteiger partial charge on any atom is -0.304 e. The van der Waals surface area contributed by atoms with E-state index < -0.39 is 0 Å². The molecule has 0 aliphatic heterocycles. The van der Waals surface area contributed by atoms with Crippen LogP contribution in [-0.4, -0.2) is 54.8 Å². The molecule has 1 aliphatic rings. The number of hydrogen-bond donors (Lipinski definition) is 1. The molecule has 1 saturated carbocycles. The Morgan fingerprint density at radius 3 is 2.14 bits per heavy atom. The van der Waals surface area contributed by atoms with Crippen LogP contribution in [0.15, 0.2) is 0 Å². The number of hydrazine groups is 1. The first kappa shape index (κ1) is 19.1. The maximum atomic E-state index is 12.8. The van der Waals surface area contributed by atoms with Gasteiger partial charge in [-0.2, -0.15) is 0 Å². The number of nitrogens with one attached hydrogen (secondary N) is 1. The minimum absolute atomic E-state index is 0.0834. The largest absolute Gasteiger partial charge is 0.304 e. The molecule has 128 valence electrons. The van der Waals surface area contributed by atoms with Gasteiger partial charge in [0.1, 0.15) is 5.78 Å². The van der Waals surface area contributed by atoms with Gasteiger partial charge in [0.2, 0.25) is 5.91 Å². The molecule has 0 heterocycles. The molecule has 0 aromatic heterocycles. The molecule has 0 aromatic carbocycles. The van der Waals surface area contributed by atoms with Crippen LogP contribution in [0.3, 0.4) is 0 Å². The number of carbonyl (C=O) groups is 2. The first-order valence-corrected chi connectivity index (χ1v) is 8.76. The van der Waals surface area contributed by atoms with Crippen molar-refractivity contribution < 1.29 is 9.59 Å². The van der Waals surface area contributed by atoms with Crippen LogP contribution < -0.4 is 5.43 Å². The van der Waals surface area contributed by atoms with Crippen molar-refractivity contribution in [3.8, 4) is 0 Å². The predicted octanol–water partition coefficient (Wildman–Crippen LogP) is 2.08. The van der Waals surface area contributed by atoms with Gasteiger partial charge in [0.15, 0.2) is 0 Å². The first-order valence-electron chi connectivity index (χ1n) is 8.76.